The predicted molar refractivity (Wildman–Crippen MR) is 104 cm³/mol. The van der Waals surface area contributed by atoms with Crippen LogP contribution in [0.5, 0.6) is 0 Å². The fraction of sp³-hybridized carbons (Fsp3) is 0.250. The van der Waals surface area contributed by atoms with Gasteiger partial charge in [0, 0.05) is 18.2 Å². The lowest BCUT2D eigenvalue weighted by molar-refractivity contribution is -0.137. The van der Waals surface area contributed by atoms with Crippen molar-refractivity contribution in [1.29, 1.82) is 0 Å². The summed E-state index contributed by atoms with van der Waals surface area (Å²) in [6.07, 6.45) is -2.83. The predicted octanol–water partition coefficient (Wildman–Crippen LogP) is 5.64. The van der Waals surface area contributed by atoms with Crippen molar-refractivity contribution in [1.82, 2.24) is 0 Å². The van der Waals surface area contributed by atoms with Gasteiger partial charge in [-0.15, -0.1) is 0 Å². The first kappa shape index (κ1) is 19.2. The zero-order valence-corrected chi connectivity index (χ0v) is 16.6. The lowest BCUT2D eigenvalue weighted by Crippen LogP contribution is -2.31. The third-order valence-electron chi connectivity index (χ3n) is 4.03. The molecule has 142 valence electrons. The van der Waals surface area contributed by atoms with Crippen LogP contribution >= 0.6 is 0 Å². The van der Waals surface area contributed by atoms with Crippen LogP contribution in [0.4, 0.5) is 18.9 Å². The van der Waals surface area contributed by atoms with Crippen molar-refractivity contribution in [3.8, 4) is 0 Å². The Labute approximate surface area is 157 Å². The number of anilines is 1. The molecule has 0 spiro atoms. The molecule has 27 heavy (non-hydrogen) atoms. The normalized spacial score (nSPS) is 14.9. The highest BCUT2D eigenvalue weighted by molar-refractivity contribution is 6.70. The highest BCUT2D eigenvalue weighted by Gasteiger charge is 2.33. The fourth-order valence-corrected chi connectivity index (χ4v) is 3.64. The molecule has 0 fully saturated rings. The van der Waals surface area contributed by atoms with E-state index in [1.807, 2.05) is 50.0 Å². The molecule has 0 aromatic heterocycles. The van der Waals surface area contributed by atoms with Crippen molar-refractivity contribution in [3.05, 3.63) is 77.3 Å². The molecule has 0 saturated heterocycles. The Morgan fingerprint density at radius 3 is 2.26 bits per heavy atom. The van der Waals surface area contributed by atoms with E-state index in [9.17, 15) is 13.2 Å². The van der Waals surface area contributed by atoms with Crippen LogP contribution in [0.2, 0.25) is 19.6 Å². The summed E-state index contributed by atoms with van der Waals surface area (Å²) in [6.45, 7) is 6.13. The molecule has 0 amide bonds. The van der Waals surface area contributed by atoms with Crippen LogP contribution in [0.15, 0.2) is 65.6 Å². The van der Waals surface area contributed by atoms with E-state index in [1.165, 1.54) is 6.07 Å². The monoisotopic (exact) mass is 390 g/mol. The number of rotatable bonds is 3. The SMILES string of the molecule is CN1C(O[Si](C)(C)C)=CN=C(c2ccccc2)c2cc(C(F)(F)F)ccc21. The molecule has 0 aliphatic carbocycles. The maximum Gasteiger partial charge on any atom is 0.416 e. The summed E-state index contributed by atoms with van der Waals surface area (Å²) in [4.78, 5) is 6.27. The second kappa shape index (κ2) is 6.88. The van der Waals surface area contributed by atoms with E-state index in [0.29, 0.717) is 22.8 Å². The summed E-state index contributed by atoms with van der Waals surface area (Å²) < 4.78 is 46.0. The van der Waals surface area contributed by atoms with Gasteiger partial charge in [-0.2, -0.15) is 13.2 Å². The summed E-state index contributed by atoms with van der Waals surface area (Å²) in [5, 5.41) is 0. The molecule has 2 aromatic rings. The standard InChI is InChI=1S/C20H21F3N2OSi/c1-25-17-11-10-15(20(21,22)23)12-16(17)19(14-8-6-5-7-9-14)24-13-18(25)26-27(2,3)4/h5-13H,1-4H3. The first-order valence-corrected chi connectivity index (χ1v) is 11.9. The van der Waals surface area contributed by atoms with E-state index in [0.717, 1.165) is 17.7 Å². The molecule has 0 saturated carbocycles. The average Bonchev–Trinajstić information content (AvgIpc) is 2.71. The second-order valence-electron chi connectivity index (χ2n) is 7.31. The molecule has 7 heteroatoms. The van der Waals surface area contributed by atoms with Crippen LogP contribution in [-0.4, -0.2) is 21.1 Å². The van der Waals surface area contributed by atoms with E-state index >= 15 is 0 Å². The minimum atomic E-state index is -4.42. The Hall–Kier alpha value is -2.54. The van der Waals surface area contributed by atoms with Gasteiger partial charge >= 0.3 is 6.18 Å². The highest BCUT2D eigenvalue weighted by Crippen LogP contribution is 2.36. The molecule has 0 N–H and O–H groups in total. The molecule has 0 atom stereocenters. The van der Waals surface area contributed by atoms with E-state index in [2.05, 4.69) is 4.99 Å². The zero-order valence-electron chi connectivity index (χ0n) is 15.6. The van der Waals surface area contributed by atoms with Gasteiger partial charge < -0.3 is 9.33 Å². The number of hydrogen-bond donors (Lipinski definition) is 0. The molecular weight excluding hydrogens is 369 g/mol. The molecule has 0 radical (unpaired) electrons. The van der Waals surface area contributed by atoms with E-state index in [1.54, 1.807) is 18.1 Å². The van der Waals surface area contributed by atoms with E-state index < -0.39 is 20.1 Å². The minimum Gasteiger partial charge on any atom is -0.532 e. The summed E-state index contributed by atoms with van der Waals surface area (Å²) in [6, 6.07) is 12.9. The number of alkyl halides is 3. The number of nitrogens with zero attached hydrogens (tertiary/aromatic N) is 2. The van der Waals surface area contributed by atoms with Crippen LogP contribution in [0.3, 0.4) is 0 Å². The fourth-order valence-electron chi connectivity index (χ4n) is 2.82. The average molecular weight is 390 g/mol. The Kier molecular flexibility index (Phi) is 4.90. The third kappa shape index (κ3) is 4.24. The van der Waals surface area contributed by atoms with Crippen molar-refractivity contribution in [2.75, 3.05) is 11.9 Å². The summed E-state index contributed by atoms with van der Waals surface area (Å²) in [5.41, 5.74) is 1.57. The maximum atomic E-state index is 13.3. The van der Waals surface area contributed by atoms with Crippen molar-refractivity contribution in [2.24, 2.45) is 4.99 Å². The molecule has 3 nitrogen and oxygen atoms in total. The number of fused-ring (bicyclic) bond motifs is 1. The third-order valence-corrected chi connectivity index (χ3v) is 4.85. The van der Waals surface area contributed by atoms with Crippen LogP contribution in [-0.2, 0) is 10.6 Å². The van der Waals surface area contributed by atoms with Crippen LogP contribution < -0.4 is 4.90 Å². The van der Waals surface area contributed by atoms with Crippen molar-refractivity contribution in [3.63, 3.8) is 0 Å². The first-order valence-electron chi connectivity index (χ1n) is 8.54. The lowest BCUT2D eigenvalue weighted by atomic mass is 9.98. The summed E-state index contributed by atoms with van der Waals surface area (Å²) >= 11 is 0. The molecule has 1 aliphatic rings. The van der Waals surface area contributed by atoms with Crippen molar-refractivity contribution < 1.29 is 17.6 Å². The summed E-state index contributed by atoms with van der Waals surface area (Å²) in [5.74, 6) is 0.529. The molecule has 1 aliphatic heterocycles. The second-order valence-corrected chi connectivity index (χ2v) is 11.7. The van der Waals surface area contributed by atoms with Crippen molar-refractivity contribution in [2.45, 2.75) is 25.8 Å². The maximum absolute atomic E-state index is 13.3. The Morgan fingerprint density at radius 1 is 1.00 bits per heavy atom. The Balaban J connectivity index is 2.20. The number of halogens is 3. The lowest BCUT2D eigenvalue weighted by Gasteiger charge is -2.29. The molecular formula is C20H21F3N2OSi. The van der Waals surface area contributed by atoms with Gasteiger partial charge in [-0.25, -0.2) is 0 Å². The Morgan fingerprint density at radius 2 is 1.67 bits per heavy atom. The smallest absolute Gasteiger partial charge is 0.416 e. The summed E-state index contributed by atoms with van der Waals surface area (Å²) in [7, 11) is -0.152. The van der Waals surface area contributed by atoms with Gasteiger partial charge in [0.05, 0.1) is 23.2 Å². The van der Waals surface area contributed by atoms with Gasteiger partial charge in [0.1, 0.15) is 0 Å². The van der Waals surface area contributed by atoms with Gasteiger partial charge in [-0.1, -0.05) is 30.3 Å². The molecule has 3 rings (SSSR count). The van der Waals surface area contributed by atoms with E-state index in [-0.39, 0.29) is 0 Å². The van der Waals surface area contributed by atoms with E-state index in [4.69, 9.17) is 4.43 Å². The Bertz CT molecular complexity index is 900. The molecule has 0 bridgehead atoms. The first-order chi connectivity index (χ1) is 12.6. The van der Waals surface area contributed by atoms with Crippen LogP contribution in [0.25, 0.3) is 0 Å². The molecule has 2 aromatic carbocycles. The van der Waals surface area contributed by atoms with Crippen LogP contribution in [0.1, 0.15) is 16.7 Å². The number of aliphatic imine (C=N–C) groups is 1. The van der Waals surface area contributed by atoms with Gasteiger partial charge in [0.25, 0.3) is 0 Å². The van der Waals surface area contributed by atoms with Crippen molar-refractivity contribution >= 4 is 19.7 Å². The highest BCUT2D eigenvalue weighted by atomic mass is 28.4. The number of benzene rings is 2. The molecule has 1 heterocycles. The van der Waals surface area contributed by atoms with Gasteiger partial charge in [0.15, 0.2) is 5.88 Å². The topological polar surface area (TPSA) is 24.8 Å². The largest absolute Gasteiger partial charge is 0.532 e. The van der Waals surface area contributed by atoms with Gasteiger partial charge in [-0.05, 0) is 37.8 Å². The zero-order chi connectivity index (χ0) is 19.8. The van der Waals surface area contributed by atoms with Crippen LogP contribution in [0, 0.1) is 0 Å². The quantitative estimate of drug-likeness (QED) is 0.633. The number of hydrogen-bond acceptors (Lipinski definition) is 3. The van der Waals surface area contributed by atoms with Gasteiger partial charge in [-0.3, -0.25) is 4.99 Å². The minimum absolute atomic E-state index is 0.420. The van der Waals surface area contributed by atoms with Gasteiger partial charge in [0.2, 0.25) is 8.32 Å². The molecule has 0 unspecified atom stereocenters.